The number of anilines is 1. The second-order valence-corrected chi connectivity index (χ2v) is 4.58. The van der Waals surface area contributed by atoms with Gasteiger partial charge in [-0.05, 0) is 20.3 Å². The predicted octanol–water partition coefficient (Wildman–Crippen LogP) is 1.92. The number of nitrogen functional groups attached to an aromatic ring is 1. The fourth-order valence-electron chi connectivity index (χ4n) is 1.54. The minimum atomic E-state index is -0.0529. The molecular weight excluding hydrogens is 216 g/mol. The molecule has 0 bridgehead atoms. The first-order valence-corrected chi connectivity index (χ1v) is 6.07. The second-order valence-electron chi connectivity index (χ2n) is 4.58. The Bertz CT molecular complexity index is 384. The molecular formula is C12H22N4O. The average molecular weight is 238 g/mol. The summed E-state index contributed by atoms with van der Waals surface area (Å²) in [5.74, 6) is 0.259. The topological polar surface area (TPSA) is 64.2 Å². The van der Waals surface area contributed by atoms with E-state index in [1.54, 1.807) is 22.8 Å². The van der Waals surface area contributed by atoms with E-state index < -0.39 is 0 Å². The fourth-order valence-corrected chi connectivity index (χ4v) is 1.54. The summed E-state index contributed by atoms with van der Waals surface area (Å²) in [6.07, 6.45) is 3.80. The van der Waals surface area contributed by atoms with Gasteiger partial charge in [0.1, 0.15) is 5.56 Å². The molecule has 96 valence electrons. The number of nitrogens with zero attached hydrogens (tertiary/aromatic N) is 3. The lowest BCUT2D eigenvalue weighted by molar-refractivity contribution is 0.0794. The van der Waals surface area contributed by atoms with Crippen molar-refractivity contribution in [1.82, 2.24) is 14.7 Å². The van der Waals surface area contributed by atoms with Crippen LogP contribution < -0.4 is 5.73 Å². The summed E-state index contributed by atoms with van der Waals surface area (Å²) in [6.45, 7) is 6.86. The summed E-state index contributed by atoms with van der Waals surface area (Å²) in [7, 11) is 1.80. The summed E-state index contributed by atoms with van der Waals surface area (Å²) in [6, 6.07) is 0.208. The molecule has 2 N–H and O–H groups in total. The molecule has 0 saturated heterocycles. The van der Waals surface area contributed by atoms with Crippen LogP contribution in [0.25, 0.3) is 0 Å². The van der Waals surface area contributed by atoms with Gasteiger partial charge in [0.05, 0.1) is 0 Å². The van der Waals surface area contributed by atoms with Crippen LogP contribution in [0.15, 0.2) is 6.20 Å². The number of rotatable bonds is 5. The van der Waals surface area contributed by atoms with Gasteiger partial charge in [0.2, 0.25) is 0 Å². The Morgan fingerprint density at radius 2 is 2.24 bits per heavy atom. The minimum absolute atomic E-state index is 0.0529. The lowest BCUT2D eigenvalue weighted by Crippen LogP contribution is -2.28. The van der Waals surface area contributed by atoms with Gasteiger partial charge in [-0.15, -0.1) is 0 Å². The van der Waals surface area contributed by atoms with Crippen LogP contribution in [0.3, 0.4) is 0 Å². The molecule has 0 spiro atoms. The first-order chi connectivity index (χ1) is 7.97. The largest absolute Gasteiger partial charge is 0.382 e. The van der Waals surface area contributed by atoms with E-state index in [1.165, 1.54) is 0 Å². The molecule has 1 rings (SSSR count). The molecule has 0 atom stereocenters. The Labute approximate surface area is 103 Å². The Kier molecular flexibility index (Phi) is 4.54. The summed E-state index contributed by atoms with van der Waals surface area (Å²) in [5, 5.41) is 4.14. The van der Waals surface area contributed by atoms with Crippen LogP contribution in [0.2, 0.25) is 0 Å². The van der Waals surface area contributed by atoms with Crippen LogP contribution in [0.1, 0.15) is 50.0 Å². The molecule has 0 radical (unpaired) electrons. The maximum Gasteiger partial charge on any atom is 0.258 e. The third-order valence-corrected chi connectivity index (χ3v) is 2.71. The van der Waals surface area contributed by atoms with E-state index >= 15 is 0 Å². The maximum atomic E-state index is 12.1. The van der Waals surface area contributed by atoms with Crippen molar-refractivity contribution in [3.63, 3.8) is 0 Å². The average Bonchev–Trinajstić information content (AvgIpc) is 2.67. The van der Waals surface area contributed by atoms with Crippen molar-refractivity contribution in [1.29, 1.82) is 0 Å². The SMILES string of the molecule is CCCCN(C)C(=O)c1cn(C(C)C)nc1N. The van der Waals surface area contributed by atoms with Gasteiger partial charge in [0, 0.05) is 25.8 Å². The lowest BCUT2D eigenvalue weighted by Gasteiger charge is -2.15. The fraction of sp³-hybridized carbons (Fsp3) is 0.667. The van der Waals surface area contributed by atoms with Gasteiger partial charge in [-0.3, -0.25) is 9.48 Å². The van der Waals surface area contributed by atoms with Gasteiger partial charge >= 0.3 is 0 Å². The Morgan fingerprint density at radius 3 is 2.71 bits per heavy atom. The monoisotopic (exact) mass is 238 g/mol. The van der Waals surface area contributed by atoms with Crippen LogP contribution in [-0.2, 0) is 0 Å². The van der Waals surface area contributed by atoms with Gasteiger partial charge in [0.15, 0.2) is 5.82 Å². The van der Waals surface area contributed by atoms with E-state index in [1.807, 2.05) is 13.8 Å². The molecule has 5 heteroatoms. The molecule has 0 aliphatic carbocycles. The smallest absolute Gasteiger partial charge is 0.258 e. The van der Waals surface area contributed by atoms with Crippen molar-refractivity contribution < 1.29 is 4.79 Å². The second kappa shape index (κ2) is 5.70. The zero-order chi connectivity index (χ0) is 13.0. The quantitative estimate of drug-likeness (QED) is 0.852. The molecule has 0 aliphatic heterocycles. The third kappa shape index (κ3) is 3.22. The zero-order valence-corrected chi connectivity index (χ0v) is 11.1. The van der Waals surface area contributed by atoms with E-state index in [4.69, 9.17) is 5.73 Å². The molecule has 17 heavy (non-hydrogen) atoms. The van der Waals surface area contributed by atoms with E-state index in [0.717, 1.165) is 19.4 Å². The van der Waals surface area contributed by atoms with Crippen LogP contribution in [0.4, 0.5) is 5.82 Å². The van der Waals surface area contributed by atoms with Gasteiger partial charge in [0.25, 0.3) is 5.91 Å². The van der Waals surface area contributed by atoms with Crippen LogP contribution in [0, 0.1) is 0 Å². The molecule has 1 aromatic rings. The lowest BCUT2D eigenvalue weighted by atomic mass is 10.2. The van der Waals surface area contributed by atoms with Gasteiger partial charge in [-0.25, -0.2) is 0 Å². The first-order valence-electron chi connectivity index (χ1n) is 6.07. The number of carbonyl (C=O) groups is 1. The highest BCUT2D eigenvalue weighted by Gasteiger charge is 2.18. The third-order valence-electron chi connectivity index (χ3n) is 2.71. The van der Waals surface area contributed by atoms with Gasteiger partial charge in [-0.1, -0.05) is 13.3 Å². The summed E-state index contributed by atoms with van der Waals surface area (Å²) >= 11 is 0. The summed E-state index contributed by atoms with van der Waals surface area (Å²) in [4.78, 5) is 13.8. The Balaban J connectivity index is 2.81. The maximum absolute atomic E-state index is 12.1. The van der Waals surface area contributed by atoms with Crippen molar-refractivity contribution in [2.45, 2.75) is 39.7 Å². The van der Waals surface area contributed by atoms with E-state index in [9.17, 15) is 4.79 Å². The number of carbonyl (C=O) groups excluding carboxylic acids is 1. The van der Waals surface area contributed by atoms with Crippen molar-refractivity contribution in [2.24, 2.45) is 0 Å². The molecule has 0 fully saturated rings. The highest BCUT2D eigenvalue weighted by molar-refractivity contribution is 5.98. The summed E-state index contributed by atoms with van der Waals surface area (Å²) in [5.41, 5.74) is 6.26. The predicted molar refractivity (Wildman–Crippen MR) is 68.9 cm³/mol. The molecule has 1 heterocycles. The number of hydrogen-bond donors (Lipinski definition) is 1. The highest BCUT2D eigenvalue weighted by Crippen LogP contribution is 2.15. The first kappa shape index (κ1) is 13.5. The van der Waals surface area contributed by atoms with Crippen LogP contribution in [0.5, 0.6) is 0 Å². The number of unbranched alkanes of at least 4 members (excludes halogenated alkanes) is 1. The molecule has 1 amide bonds. The van der Waals surface area contributed by atoms with Crippen molar-refractivity contribution in [3.8, 4) is 0 Å². The van der Waals surface area contributed by atoms with E-state index in [2.05, 4.69) is 12.0 Å². The van der Waals surface area contributed by atoms with Gasteiger partial charge in [-0.2, -0.15) is 5.10 Å². The normalized spacial score (nSPS) is 10.9. The Hall–Kier alpha value is -1.52. The number of hydrogen-bond acceptors (Lipinski definition) is 3. The van der Waals surface area contributed by atoms with Gasteiger partial charge < -0.3 is 10.6 Å². The van der Waals surface area contributed by atoms with E-state index in [0.29, 0.717) is 11.4 Å². The Morgan fingerprint density at radius 1 is 1.59 bits per heavy atom. The molecule has 0 aromatic carbocycles. The molecule has 5 nitrogen and oxygen atoms in total. The number of nitrogens with two attached hydrogens (primary N) is 1. The summed E-state index contributed by atoms with van der Waals surface area (Å²) < 4.78 is 1.72. The molecule has 1 aromatic heterocycles. The van der Waals surface area contributed by atoms with Crippen molar-refractivity contribution in [3.05, 3.63) is 11.8 Å². The van der Waals surface area contributed by atoms with Crippen molar-refractivity contribution >= 4 is 11.7 Å². The molecule has 0 aliphatic rings. The van der Waals surface area contributed by atoms with Crippen LogP contribution >= 0.6 is 0 Å². The molecule has 0 unspecified atom stereocenters. The zero-order valence-electron chi connectivity index (χ0n) is 11.1. The minimum Gasteiger partial charge on any atom is -0.382 e. The highest BCUT2D eigenvalue weighted by atomic mass is 16.2. The van der Waals surface area contributed by atoms with Crippen molar-refractivity contribution in [2.75, 3.05) is 19.3 Å². The standard InChI is InChI=1S/C12H22N4O/c1-5-6-7-15(4)12(17)10-8-16(9(2)3)14-11(10)13/h8-9H,5-7H2,1-4H3,(H2,13,14). The van der Waals surface area contributed by atoms with E-state index in [-0.39, 0.29) is 11.9 Å². The number of amides is 1. The van der Waals surface area contributed by atoms with Crippen LogP contribution in [-0.4, -0.2) is 34.2 Å². The number of aromatic nitrogens is 2. The molecule has 0 saturated carbocycles.